The van der Waals surface area contributed by atoms with Crippen LogP contribution < -0.4 is 32.1 Å². The van der Waals surface area contributed by atoms with Crippen molar-refractivity contribution >= 4 is 35.4 Å². The van der Waals surface area contributed by atoms with E-state index in [0.29, 0.717) is 16.8 Å². The van der Waals surface area contributed by atoms with Crippen LogP contribution in [0.1, 0.15) is 51.5 Å². The highest BCUT2D eigenvalue weighted by Gasteiger charge is 2.31. The SMILES string of the molecule is CNCC(=O)NC(C(=O)NCC(=O)N/C(SN)=C(/N)c1ccccc1)C1CCCCC1.COC(C)C. The van der Waals surface area contributed by atoms with Crippen LogP contribution in [0.4, 0.5) is 0 Å². The molecule has 0 spiro atoms. The molecule has 0 radical (unpaired) electrons. The van der Waals surface area contributed by atoms with Gasteiger partial charge in [-0.1, -0.05) is 49.6 Å². The largest absolute Gasteiger partial charge is 0.396 e. The molecule has 0 saturated heterocycles. The molecule has 1 unspecified atom stereocenters. The number of nitrogens with two attached hydrogens (primary N) is 2. The molecule has 0 bridgehead atoms. The van der Waals surface area contributed by atoms with E-state index >= 15 is 0 Å². The molecular weight excluding hydrogens is 480 g/mol. The third-order valence-electron chi connectivity index (χ3n) is 5.65. The number of carbonyl (C=O) groups is 3. The standard InChI is InChI=1S/C21H32N6O3S.C4H10O/c1-24-12-16(28)26-19(15-10-6-3-7-11-15)20(30)25-13-17(29)27-21(31-23)18(22)14-8-4-2-5-9-14;1-4(2)5-3/h2,4-5,8-9,15,19,24H,3,6-7,10-13,22-23H2,1H3,(H,25,30)(H,26,28)(H,27,29);4H,1-3H3/b21-18-;. The zero-order chi connectivity index (χ0) is 26.9. The molecule has 3 amide bonds. The Hall–Kier alpha value is -2.60. The van der Waals surface area contributed by atoms with Gasteiger partial charge in [0.1, 0.15) is 11.1 Å². The van der Waals surface area contributed by atoms with E-state index in [9.17, 15) is 14.4 Å². The van der Waals surface area contributed by atoms with Crippen molar-refractivity contribution in [3.05, 3.63) is 40.9 Å². The van der Waals surface area contributed by atoms with Gasteiger partial charge in [-0.15, -0.1) is 0 Å². The highest BCUT2D eigenvalue weighted by atomic mass is 32.2. The van der Waals surface area contributed by atoms with Crippen LogP contribution in [-0.4, -0.2) is 57.1 Å². The number of amides is 3. The van der Waals surface area contributed by atoms with E-state index in [-0.39, 0.29) is 30.8 Å². The molecule has 10 nitrogen and oxygen atoms in total. The number of carbonyl (C=O) groups excluding carboxylic acids is 3. The van der Waals surface area contributed by atoms with Crippen LogP contribution in [0.2, 0.25) is 0 Å². The van der Waals surface area contributed by atoms with Gasteiger partial charge in [-0.25, -0.2) is 0 Å². The third-order valence-corrected chi connectivity index (χ3v) is 6.21. The topological polar surface area (TPSA) is 161 Å². The summed E-state index contributed by atoms with van der Waals surface area (Å²) >= 11 is 0.824. The van der Waals surface area contributed by atoms with Crippen molar-refractivity contribution < 1.29 is 19.1 Å². The maximum atomic E-state index is 12.8. The monoisotopic (exact) mass is 522 g/mol. The number of hydrogen-bond acceptors (Lipinski definition) is 8. The highest BCUT2D eigenvalue weighted by Crippen LogP contribution is 2.26. The van der Waals surface area contributed by atoms with Crippen LogP contribution in [0.15, 0.2) is 35.4 Å². The maximum absolute atomic E-state index is 12.8. The molecular formula is C25H42N6O4S. The number of ether oxygens (including phenoxy) is 1. The summed E-state index contributed by atoms with van der Waals surface area (Å²) in [4.78, 5) is 37.3. The summed E-state index contributed by atoms with van der Waals surface area (Å²) in [5, 5.41) is 16.8. The lowest BCUT2D eigenvalue weighted by Crippen LogP contribution is -2.54. The molecule has 1 aromatic carbocycles. The normalized spacial score (nSPS) is 15.2. The van der Waals surface area contributed by atoms with Gasteiger partial charge in [0.25, 0.3) is 0 Å². The molecule has 0 heterocycles. The van der Waals surface area contributed by atoms with Gasteiger partial charge in [0, 0.05) is 12.7 Å². The van der Waals surface area contributed by atoms with Crippen LogP contribution in [0, 0.1) is 5.92 Å². The molecule has 0 aromatic heterocycles. The molecule has 202 valence electrons. The van der Waals surface area contributed by atoms with Gasteiger partial charge in [0.05, 0.1) is 24.9 Å². The summed E-state index contributed by atoms with van der Waals surface area (Å²) < 4.78 is 4.75. The van der Waals surface area contributed by atoms with E-state index in [2.05, 4.69) is 21.3 Å². The lowest BCUT2D eigenvalue weighted by Gasteiger charge is -2.30. The molecule has 1 aromatic rings. The Labute approximate surface area is 218 Å². The first kappa shape index (κ1) is 31.4. The summed E-state index contributed by atoms with van der Waals surface area (Å²) in [6, 6.07) is 8.47. The van der Waals surface area contributed by atoms with Crippen molar-refractivity contribution in [1.82, 2.24) is 21.3 Å². The van der Waals surface area contributed by atoms with E-state index in [1.54, 1.807) is 14.2 Å². The van der Waals surface area contributed by atoms with Crippen molar-refractivity contribution in [1.29, 1.82) is 0 Å². The lowest BCUT2D eigenvalue weighted by atomic mass is 9.83. The van der Waals surface area contributed by atoms with E-state index < -0.39 is 11.9 Å². The van der Waals surface area contributed by atoms with Gasteiger partial charge in [-0.2, -0.15) is 0 Å². The van der Waals surface area contributed by atoms with Crippen LogP contribution in [0.25, 0.3) is 5.70 Å². The number of methoxy groups -OCH3 is 1. The molecule has 1 aliphatic carbocycles. The maximum Gasteiger partial charge on any atom is 0.244 e. The van der Waals surface area contributed by atoms with Crippen LogP contribution in [-0.2, 0) is 19.1 Å². The molecule has 1 aliphatic rings. The van der Waals surface area contributed by atoms with Crippen molar-refractivity contribution in [2.75, 3.05) is 27.2 Å². The lowest BCUT2D eigenvalue weighted by molar-refractivity contribution is -0.131. The van der Waals surface area contributed by atoms with E-state index in [1.807, 2.05) is 44.2 Å². The number of likely N-dealkylation sites (N-methyl/N-ethyl adjacent to an activating group) is 1. The average molecular weight is 523 g/mol. The predicted octanol–water partition coefficient (Wildman–Crippen LogP) is 1.44. The minimum Gasteiger partial charge on any atom is -0.396 e. The van der Waals surface area contributed by atoms with Gasteiger partial charge >= 0.3 is 0 Å². The molecule has 11 heteroatoms. The summed E-state index contributed by atoms with van der Waals surface area (Å²) in [7, 11) is 3.37. The average Bonchev–Trinajstić information content (AvgIpc) is 2.90. The first-order chi connectivity index (χ1) is 17.2. The number of benzene rings is 1. The molecule has 1 fully saturated rings. The Bertz CT molecular complexity index is 844. The minimum atomic E-state index is -0.665. The number of rotatable bonds is 11. The second-order valence-electron chi connectivity index (χ2n) is 8.75. The van der Waals surface area contributed by atoms with E-state index in [0.717, 1.165) is 49.6 Å². The Morgan fingerprint density at radius 3 is 2.19 bits per heavy atom. The van der Waals surface area contributed by atoms with E-state index in [4.69, 9.17) is 15.6 Å². The first-order valence-electron chi connectivity index (χ1n) is 12.2. The molecule has 36 heavy (non-hydrogen) atoms. The van der Waals surface area contributed by atoms with Gasteiger partial charge < -0.3 is 31.7 Å². The minimum absolute atomic E-state index is 0.0568. The second kappa shape index (κ2) is 17.8. The van der Waals surface area contributed by atoms with Crippen LogP contribution in [0.5, 0.6) is 0 Å². The molecule has 2 rings (SSSR count). The predicted molar refractivity (Wildman–Crippen MR) is 145 cm³/mol. The summed E-state index contributed by atoms with van der Waals surface area (Å²) in [6.07, 6.45) is 5.31. The molecule has 0 aliphatic heterocycles. The molecule has 1 saturated carbocycles. The van der Waals surface area contributed by atoms with Gasteiger partial charge in [0.15, 0.2) is 0 Å². The second-order valence-corrected chi connectivity index (χ2v) is 9.39. The fourth-order valence-electron chi connectivity index (χ4n) is 3.61. The van der Waals surface area contributed by atoms with Gasteiger partial charge in [-0.05, 0) is 51.6 Å². The van der Waals surface area contributed by atoms with Crippen molar-refractivity contribution in [3.8, 4) is 0 Å². The summed E-state index contributed by atoms with van der Waals surface area (Å²) in [5.41, 5.74) is 7.17. The van der Waals surface area contributed by atoms with E-state index in [1.165, 1.54) is 0 Å². The smallest absolute Gasteiger partial charge is 0.244 e. The fourth-order valence-corrected chi connectivity index (χ4v) is 4.02. The number of nitrogens with one attached hydrogen (secondary N) is 4. The van der Waals surface area contributed by atoms with Crippen LogP contribution >= 0.6 is 11.9 Å². The zero-order valence-corrected chi connectivity index (χ0v) is 22.6. The van der Waals surface area contributed by atoms with Crippen molar-refractivity contribution in [2.24, 2.45) is 16.8 Å². The zero-order valence-electron chi connectivity index (χ0n) is 21.8. The quantitative estimate of drug-likeness (QED) is 0.238. The Morgan fingerprint density at radius 2 is 1.67 bits per heavy atom. The van der Waals surface area contributed by atoms with Crippen molar-refractivity contribution in [2.45, 2.75) is 58.1 Å². The summed E-state index contributed by atoms with van der Waals surface area (Å²) in [5.74, 6) is -1.02. The van der Waals surface area contributed by atoms with Crippen molar-refractivity contribution in [3.63, 3.8) is 0 Å². The van der Waals surface area contributed by atoms with Gasteiger partial charge in [0.2, 0.25) is 17.7 Å². The van der Waals surface area contributed by atoms with Gasteiger partial charge in [-0.3, -0.25) is 19.5 Å². The summed E-state index contributed by atoms with van der Waals surface area (Å²) in [6.45, 7) is 3.87. The first-order valence-corrected chi connectivity index (χ1v) is 13.1. The molecule has 1 atom stereocenters. The fraction of sp³-hybridized carbons (Fsp3) is 0.560. The Kier molecular flexibility index (Phi) is 15.5. The number of hydrogen-bond donors (Lipinski definition) is 6. The Balaban J connectivity index is 0.00000118. The van der Waals surface area contributed by atoms with Crippen LogP contribution in [0.3, 0.4) is 0 Å². The third kappa shape index (κ3) is 11.9. The highest BCUT2D eigenvalue weighted by molar-refractivity contribution is 8.01. The Morgan fingerprint density at radius 1 is 1.06 bits per heavy atom. The molecule has 8 N–H and O–H groups in total.